The van der Waals surface area contributed by atoms with Gasteiger partial charge in [0.1, 0.15) is 0 Å². The predicted octanol–water partition coefficient (Wildman–Crippen LogP) is 16.6. The minimum atomic E-state index is 0.0684. The van der Waals surface area contributed by atoms with E-state index in [-0.39, 0.29) is 21.7 Å². The van der Waals surface area contributed by atoms with Gasteiger partial charge in [-0.2, -0.15) is 0 Å². The Kier molecular flexibility index (Phi) is 9.36. The van der Waals surface area contributed by atoms with Crippen molar-refractivity contribution in [1.29, 1.82) is 0 Å². The Hall–Kier alpha value is -7.04. The van der Waals surface area contributed by atoms with Crippen molar-refractivity contribution < 1.29 is 0 Å². The summed E-state index contributed by atoms with van der Waals surface area (Å²) in [6.07, 6.45) is 4.69. The monoisotopic (exact) mass is 906 g/mol. The zero-order chi connectivity index (χ0) is 47.9. The van der Waals surface area contributed by atoms with Crippen LogP contribution in [0.3, 0.4) is 0 Å². The van der Waals surface area contributed by atoms with E-state index < -0.39 is 0 Å². The Balaban J connectivity index is 1.13. The number of anilines is 5. The Morgan fingerprint density at radius 1 is 0.471 bits per heavy atom. The molecular weight excluding hydrogens is 846 g/mol. The van der Waals surface area contributed by atoms with Gasteiger partial charge in [0, 0.05) is 56.0 Å². The van der Waals surface area contributed by atoms with Crippen LogP contribution in [-0.4, -0.2) is 11.8 Å². The van der Waals surface area contributed by atoms with Gasteiger partial charge in [0.15, 0.2) is 7.28 Å². The zero-order valence-electron chi connectivity index (χ0n) is 42.0. The Morgan fingerprint density at radius 2 is 1.04 bits per heavy atom. The van der Waals surface area contributed by atoms with E-state index in [1.807, 2.05) is 0 Å². The second-order valence-electron chi connectivity index (χ2n) is 23.3. The van der Waals surface area contributed by atoms with Crippen molar-refractivity contribution in [3.05, 3.63) is 192 Å². The van der Waals surface area contributed by atoms with E-state index in [0.717, 1.165) is 34.9 Å². The van der Waals surface area contributed by atoms with Gasteiger partial charge in [-0.1, -0.05) is 170 Å². The summed E-state index contributed by atoms with van der Waals surface area (Å²) in [5.74, 6) is 0. The highest BCUT2D eigenvalue weighted by molar-refractivity contribution is 6.74. The van der Waals surface area contributed by atoms with Crippen LogP contribution in [0.2, 0.25) is 0 Å². The molecule has 0 unspecified atom stereocenters. The zero-order valence-corrected chi connectivity index (χ0v) is 42.0. The normalized spacial score (nSPS) is 16.9. The first-order valence-corrected chi connectivity index (χ1v) is 25.6. The first kappa shape index (κ1) is 43.0. The summed E-state index contributed by atoms with van der Waals surface area (Å²) in [6.45, 7) is 19.5. The van der Waals surface area contributed by atoms with E-state index in [9.17, 15) is 0 Å². The molecule has 3 nitrogen and oxygen atoms in total. The standard InChI is InChI=1S/C66H61BN3/c1-63(2)33-34-64(3,4)51-37-42(28-31-50(51)63)68-55-38-45(69(43-20-11-9-12-21-43)44-22-13-10-14-23-44)29-30-49(55)58-47-25-17-18-26-48(47)60-59-46-24-16-15-19-41(46)27-32-56(59)70-57-40-53-52(39-54(57)67-61(58)62(60)70)65(5,6)35-36-66(53,7)8/h9-32,37-40,68H,33-36H2,1-8H3. The number of aromatic nitrogens is 1. The third-order valence-electron chi connectivity index (χ3n) is 17.1. The summed E-state index contributed by atoms with van der Waals surface area (Å²) in [7, 11) is 2.56. The molecule has 0 spiro atoms. The molecule has 343 valence electrons. The van der Waals surface area contributed by atoms with Gasteiger partial charge in [-0.05, 0) is 163 Å². The van der Waals surface area contributed by atoms with Gasteiger partial charge >= 0.3 is 0 Å². The molecule has 0 fully saturated rings. The first-order chi connectivity index (χ1) is 33.7. The molecule has 3 aliphatic rings. The second-order valence-corrected chi connectivity index (χ2v) is 23.3. The molecule has 0 bridgehead atoms. The molecule has 70 heavy (non-hydrogen) atoms. The van der Waals surface area contributed by atoms with Crippen LogP contribution < -0.4 is 21.1 Å². The number of nitrogens with one attached hydrogen (secondary N) is 1. The van der Waals surface area contributed by atoms with E-state index in [1.165, 1.54) is 113 Å². The summed E-state index contributed by atoms with van der Waals surface area (Å²) < 4.78 is 2.65. The Morgan fingerprint density at radius 3 is 1.71 bits per heavy atom. The molecule has 9 aromatic carbocycles. The largest absolute Gasteiger partial charge is 0.355 e. The number of rotatable bonds is 6. The van der Waals surface area contributed by atoms with Crippen LogP contribution in [0.1, 0.15) is 103 Å². The molecule has 1 aliphatic heterocycles. The van der Waals surface area contributed by atoms with Crippen molar-refractivity contribution >= 4 is 90.0 Å². The van der Waals surface area contributed by atoms with E-state index in [0.29, 0.717) is 0 Å². The van der Waals surface area contributed by atoms with Crippen LogP contribution in [0.15, 0.2) is 170 Å². The minimum Gasteiger partial charge on any atom is -0.355 e. The topological polar surface area (TPSA) is 20.2 Å². The summed E-state index contributed by atoms with van der Waals surface area (Å²) in [5.41, 5.74) is 20.5. The number of fused-ring (bicyclic) bond motifs is 11. The lowest BCUT2D eigenvalue weighted by Gasteiger charge is -2.43. The van der Waals surface area contributed by atoms with Gasteiger partial charge in [-0.3, -0.25) is 0 Å². The van der Waals surface area contributed by atoms with Crippen LogP contribution in [0.5, 0.6) is 0 Å². The van der Waals surface area contributed by atoms with Crippen molar-refractivity contribution in [2.45, 2.75) is 103 Å². The van der Waals surface area contributed by atoms with Gasteiger partial charge in [-0.25, -0.2) is 0 Å². The van der Waals surface area contributed by atoms with Gasteiger partial charge in [-0.15, -0.1) is 0 Å². The summed E-state index contributed by atoms with van der Waals surface area (Å²) in [4.78, 5) is 2.39. The van der Waals surface area contributed by atoms with Crippen LogP contribution >= 0.6 is 0 Å². The van der Waals surface area contributed by atoms with Crippen LogP contribution in [-0.2, 0) is 21.7 Å². The summed E-state index contributed by atoms with van der Waals surface area (Å²) in [6, 6.07) is 64.0. The van der Waals surface area contributed by atoms with Gasteiger partial charge < -0.3 is 14.8 Å². The van der Waals surface area contributed by atoms with Gasteiger partial charge in [0.25, 0.3) is 0 Å². The van der Waals surface area contributed by atoms with Gasteiger partial charge in [0.05, 0.1) is 5.52 Å². The van der Waals surface area contributed by atoms with Crippen molar-refractivity contribution in [2.75, 3.05) is 10.2 Å². The maximum absolute atomic E-state index is 4.16. The van der Waals surface area contributed by atoms with Crippen molar-refractivity contribution in [3.8, 4) is 16.8 Å². The lowest BCUT2D eigenvalue weighted by molar-refractivity contribution is 0.332. The number of hydrogen-bond donors (Lipinski definition) is 1. The molecule has 0 atom stereocenters. The summed E-state index contributed by atoms with van der Waals surface area (Å²) in [5, 5.41) is 11.9. The average Bonchev–Trinajstić information content (AvgIpc) is 3.72. The van der Waals surface area contributed by atoms with E-state index in [2.05, 4.69) is 247 Å². The maximum atomic E-state index is 4.16. The van der Waals surface area contributed by atoms with E-state index >= 15 is 0 Å². The minimum absolute atomic E-state index is 0.0684. The Bertz CT molecular complexity index is 3740. The highest BCUT2D eigenvalue weighted by Gasteiger charge is 2.40. The van der Waals surface area contributed by atoms with Crippen molar-refractivity contribution in [3.63, 3.8) is 0 Å². The molecular formula is C66H61BN3. The average molecular weight is 907 g/mol. The SMILES string of the molecule is CC1(C)CCC(C)(C)c2cc(Nc3cc(N(c4ccccc4)c4ccccc4)ccc3-c3c4c5c(c6ccccc36)c3c6ccccc6ccc3n5-c3cc5c(cc3[B]4)C(C)(C)CCC5(C)C)ccc21. The molecule has 2 aliphatic carbocycles. The highest BCUT2D eigenvalue weighted by Crippen LogP contribution is 2.51. The molecule has 0 saturated heterocycles. The quantitative estimate of drug-likeness (QED) is 0.168. The van der Waals surface area contributed by atoms with Crippen molar-refractivity contribution in [2.24, 2.45) is 0 Å². The predicted molar refractivity (Wildman–Crippen MR) is 301 cm³/mol. The summed E-state index contributed by atoms with van der Waals surface area (Å²) >= 11 is 0. The van der Waals surface area contributed by atoms with Crippen LogP contribution in [0, 0.1) is 0 Å². The molecule has 0 amide bonds. The number of benzene rings is 9. The van der Waals surface area contributed by atoms with Crippen molar-refractivity contribution in [1.82, 2.24) is 4.57 Å². The third-order valence-corrected chi connectivity index (χ3v) is 17.1. The molecule has 1 radical (unpaired) electrons. The lowest BCUT2D eigenvalue weighted by atomic mass is 9.55. The molecule has 0 saturated carbocycles. The lowest BCUT2D eigenvalue weighted by Crippen LogP contribution is -2.41. The highest BCUT2D eigenvalue weighted by atomic mass is 15.1. The third kappa shape index (κ3) is 6.48. The fraction of sp³-hybridized carbons (Fsp3) is 0.242. The molecule has 2 heterocycles. The molecule has 4 heteroatoms. The molecule has 1 aromatic heterocycles. The van der Waals surface area contributed by atoms with E-state index in [4.69, 9.17) is 0 Å². The number of hydrogen-bond acceptors (Lipinski definition) is 2. The van der Waals surface area contributed by atoms with Crippen LogP contribution in [0.25, 0.3) is 60.2 Å². The van der Waals surface area contributed by atoms with Crippen LogP contribution in [0.4, 0.5) is 28.4 Å². The fourth-order valence-corrected chi connectivity index (χ4v) is 12.9. The maximum Gasteiger partial charge on any atom is 0.197 e. The first-order valence-electron chi connectivity index (χ1n) is 25.6. The number of nitrogens with zero attached hydrogens (tertiary/aromatic N) is 2. The molecule has 10 aromatic rings. The molecule has 1 N–H and O–H groups in total. The Labute approximate surface area is 414 Å². The smallest absolute Gasteiger partial charge is 0.197 e. The second kappa shape index (κ2) is 15.2. The van der Waals surface area contributed by atoms with E-state index in [1.54, 1.807) is 0 Å². The number of para-hydroxylation sites is 2. The van der Waals surface area contributed by atoms with Gasteiger partial charge in [0.2, 0.25) is 0 Å². The fourth-order valence-electron chi connectivity index (χ4n) is 12.9. The molecule has 13 rings (SSSR count).